The van der Waals surface area contributed by atoms with Crippen LogP contribution in [-0.4, -0.2) is 33.0 Å². The number of hydrogen-bond donors (Lipinski definition) is 2. The van der Waals surface area contributed by atoms with Crippen molar-refractivity contribution >= 4 is 22.2 Å². The van der Waals surface area contributed by atoms with Crippen LogP contribution in [0, 0.1) is 6.92 Å². The van der Waals surface area contributed by atoms with Gasteiger partial charge in [-0.3, -0.25) is 14.0 Å². The molecule has 0 spiro atoms. The van der Waals surface area contributed by atoms with E-state index in [1.807, 2.05) is 5.38 Å². The Morgan fingerprint density at radius 3 is 3.05 bits per heavy atom. The van der Waals surface area contributed by atoms with Crippen molar-refractivity contribution in [1.82, 2.24) is 14.7 Å². The van der Waals surface area contributed by atoms with Gasteiger partial charge in [-0.05, 0) is 20.3 Å². The number of aliphatic hydroxyl groups excluding tert-OH is 1. The summed E-state index contributed by atoms with van der Waals surface area (Å²) in [4.78, 5) is 28.7. The number of aryl methyl sites for hydroxylation is 1. The van der Waals surface area contributed by atoms with Crippen LogP contribution in [0.15, 0.2) is 16.4 Å². The molecule has 1 atom stereocenters. The number of carbonyl (C=O) groups is 1. The number of rotatable bonds is 4. The van der Waals surface area contributed by atoms with Gasteiger partial charge >= 0.3 is 0 Å². The van der Waals surface area contributed by atoms with Crippen molar-refractivity contribution in [3.05, 3.63) is 33.2 Å². The molecule has 0 aromatic carbocycles. The van der Waals surface area contributed by atoms with E-state index in [2.05, 4.69) is 10.3 Å². The quantitative estimate of drug-likeness (QED) is 0.858. The lowest BCUT2D eigenvalue weighted by Crippen LogP contribution is -2.33. The van der Waals surface area contributed by atoms with Crippen molar-refractivity contribution in [2.75, 3.05) is 6.54 Å². The number of amides is 1. The van der Waals surface area contributed by atoms with E-state index in [4.69, 9.17) is 5.11 Å². The molecule has 2 N–H and O–H groups in total. The zero-order chi connectivity index (χ0) is 14.0. The highest BCUT2D eigenvalue weighted by atomic mass is 32.1. The third-order valence-electron chi connectivity index (χ3n) is 2.71. The molecule has 0 saturated carbocycles. The number of nitrogens with zero attached hydrogens (tertiary/aromatic N) is 2. The van der Waals surface area contributed by atoms with Gasteiger partial charge in [0.2, 0.25) is 0 Å². The fraction of sp³-hybridized carbons (Fsp3) is 0.417. The summed E-state index contributed by atoms with van der Waals surface area (Å²) in [6.45, 7) is 3.76. The molecular weight excluding hydrogens is 266 g/mol. The molecule has 7 heteroatoms. The summed E-state index contributed by atoms with van der Waals surface area (Å²) < 4.78 is 1.42. The minimum absolute atomic E-state index is 0.0181. The average Bonchev–Trinajstić information content (AvgIpc) is 2.71. The van der Waals surface area contributed by atoms with Crippen molar-refractivity contribution in [1.29, 1.82) is 0 Å². The maximum absolute atomic E-state index is 12.2. The monoisotopic (exact) mass is 281 g/mol. The van der Waals surface area contributed by atoms with Crippen LogP contribution in [0.1, 0.15) is 29.4 Å². The van der Waals surface area contributed by atoms with Gasteiger partial charge in [-0.1, -0.05) is 0 Å². The van der Waals surface area contributed by atoms with Crippen molar-refractivity contribution in [2.24, 2.45) is 0 Å². The third kappa shape index (κ3) is 2.82. The number of aliphatic hydroxyl groups is 1. The Morgan fingerprint density at radius 2 is 2.37 bits per heavy atom. The molecule has 2 aromatic heterocycles. The first kappa shape index (κ1) is 13.7. The Morgan fingerprint density at radius 1 is 1.63 bits per heavy atom. The Balaban J connectivity index is 2.25. The number of fused-ring (bicyclic) bond motifs is 1. The minimum atomic E-state index is -0.485. The molecule has 0 bridgehead atoms. The molecule has 6 nitrogen and oxygen atoms in total. The molecule has 102 valence electrons. The Kier molecular flexibility index (Phi) is 3.96. The second kappa shape index (κ2) is 5.50. The summed E-state index contributed by atoms with van der Waals surface area (Å²) in [6.07, 6.45) is 1.26. The maximum Gasteiger partial charge on any atom is 0.271 e. The van der Waals surface area contributed by atoms with Gasteiger partial charge in [-0.15, -0.1) is 11.3 Å². The summed E-state index contributed by atoms with van der Waals surface area (Å²) in [5.41, 5.74) is 0.416. The van der Waals surface area contributed by atoms with Crippen LogP contribution in [0.5, 0.6) is 0 Å². The van der Waals surface area contributed by atoms with E-state index in [1.165, 1.54) is 21.9 Å². The number of aromatic nitrogens is 2. The van der Waals surface area contributed by atoms with Crippen LogP contribution in [0.4, 0.5) is 0 Å². The van der Waals surface area contributed by atoms with Crippen molar-refractivity contribution in [3.8, 4) is 0 Å². The Labute approximate surface area is 113 Å². The van der Waals surface area contributed by atoms with Crippen LogP contribution in [0.3, 0.4) is 0 Å². The van der Waals surface area contributed by atoms with E-state index in [1.54, 1.807) is 13.8 Å². The zero-order valence-electron chi connectivity index (χ0n) is 10.7. The van der Waals surface area contributed by atoms with E-state index in [0.29, 0.717) is 17.9 Å². The molecule has 2 rings (SSSR count). The van der Waals surface area contributed by atoms with Gasteiger partial charge in [0.25, 0.3) is 11.5 Å². The molecular formula is C12H15N3O3S. The Hall–Kier alpha value is -1.73. The van der Waals surface area contributed by atoms with Crippen LogP contribution in [0.2, 0.25) is 0 Å². The molecule has 2 heterocycles. The van der Waals surface area contributed by atoms with Crippen LogP contribution in [-0.2, 0) is 0 Å². The van der Waals surface area contributed by atoms with Gasteiger partial charge in [-0.2, -0.15) is 0 Å². The smallest absolute Gasteiger partial charge is 0.271 e. The van der Waals surface area contributed by atoms with Gasteiger partial charge in [0, 0.05) is 23.8 Å². The zero-order valence-corrected chi connectivity index (χ0v) is 11.5. The van der Waals surface area contributed by atoms with Gasteiger partial charge in [0.15, 0.2) is 4.96 Å². The molecule has 2 aromatic rings. The van der Waals surface area contributed by atoms with Crippen LogP contribution in [0.25, 0.3) is 4.96 Å². The third-order valence-corrected chi connectivity index (χ3v) is 3.67. The van der Waals surface area contributed by atoms with E-state index in [0.717, 1.165) is 5.69 Å². The van der Waals surface area contributed by atoms with E-state index in [9.17, 15) is 9.59 Å². The van der Waals surface area contributed by atoms with Crippen LogP contribution < -0.4 is 10.9 Å². The second-order valence-corrected chi connectivity index (χ2v) is 5.20. The van der Waals surface area contributed by atoms with Crippen molar-refractivity contribution in [2.45, 2.75) is 26.4 Å². The SMILES string of the molecule is Cc1csc2ncc(C(=O)NCCC(C)O)c(=O)n12. The molecule has 0 fully saturated rings. The first-order valence-electron chi connectivity index (χ1n) is 5.93. The summed E-state index contributed by atoms with van der Waals surface area (Å²) in [5, 5.41) is 13.5. The fourth-order valence-corrected chi connectivity index (χ4v) is 2.50. The van der Waals surface area contributed by atoms with Gasteiger partial charge in [-0.25, -0.2) is 4.98 Å². The summed E-state index contributed by atoms with van der Waals surface area (Å²) in [7, 11) is 0. The van der Waals surface area contributed by atoms with Crippen molar-refractivity contribution in [3.63, 3.8) is 0 Å². The highest BCUT2D eigenvalue weighted by Gasteiger charge is 2.14. The number of carbonyl (C=O) groups excluding carboxylic acids is 1. The Bertz CT molecular complexity index is 660. The van der Waals surface area contributed by atoms with E-state index in [-0.39, 0.29) is 11.1 Å². The van der Waals surface area contributed by atoms with Crippen molar-refractivity contribution < 1.29 is 9.90 Å². The second-order valence-electron chi connectivity index (χ2n) is 4.37. The van der Waals surface area contributed by atoms with E-state index >= 15 is 0 Å². The lowest BCUT2D eigenvalue weighted by Gasteiger charge is -2.06. The molecule has 1 unspecified atom stereocenters. The summed E-state index contributed by atoms with van der Waals surface area (Å²) in [6, 6.07) is 0. The topological polar surface area (TPSA) is 83.7 Å². The summed E-state index contributed by atoms with van der Waals surface area (Å²) in [5.74, 6) is -0.460. The normalized spacial score (nSPS) is 12.6. The van der Waals surface area contributed by atoms with Gasteiger partial charge in [0.1, 0.15) is 5.56 Å². The molecule has 0 saturated heterocycles. The fourth-order valence-electron chi connectivity index (χ4n) is 1.67. The molecule has 19 heavy (non-hydrogen) atoms. The summed E-state index contributed by atoms with van der Waals surface area (Å²) >= 11 is 1.36. The molecule has 0 radical (unpaired) electrons. The highest BCUT2D eigenvalue weighted by molar-refractivity contribution is 7.15. The molecule has 0 aliphatic rings. The molecule has 1 amide bonds. The first-order valence-corrected chi connectivity index (χ1v) is 6.81. The minimum Gasteiger partial charge on any atom is -0.393 e. The number of hydrogen-bond acceptors (Lipinski definition) is 5. The highest BCUT2D eigenvalue weighted by Crippen LogP contribution is 2.10. The number of thiazole rings is 1. The molecule has 0 aliphatic heterocycles. The first-order chi connectivity index (χ1) is 9.00. The van der Waals surface area contributed by atoms with E-state index < -0.39 is 12.0 Å². The maximum atomic E-state index is 12.2. The van der Waals surface area contributed by atoms with Gasteiger partial charge < -0.3 is 10.4 Å². The molecule has 0 aliphatic carbocycles. The lowest BCUT2D eigenvalue weighted by molar-refractivity contribution is 0.0943. The predicted octanol–water partition coefficient (Wildman–Crippen LogP) is 0.565. The number of nitrogens with one attached hydrogen (secondary N) is 1. The van der Waals surface area contributed by atoms with Gasteiger partial charge in [0.05, 0.1) is 6.10 Å². The average molecular weight is 281 g/mol. The largest absolute Gasteiger partial charge is 0.393 e. The van der Waals surface area contributed by atoms with Crippen LogP contribution >= 0.6 is 11.3 Å². The predicted molar refractivity (Wildman–Crippen MR) is 72.7 cm³/mol. The lowest BCUT2D eigenvalue weighted by atomic mass is 10.2. The standard InChI is InChI=1S/C12H15N3O3S/c1-7-6-19-12-14-5-9(11(18)15(7)12)10(17)13-4-3-8(2)16/h5-6,8,16H,3-4H2,1-2H3,(H,13,17).